The van der Waals surface area contributed by atoms with Crippen LogP contribution in [0.25, 0.3) is 16.7 Å². The van der Waals surface area contributed by atoms with Crippen molar-refractivity contribution in [2.75, 3.05) is 6.26 Å². The van der Waals surface area contributed by atoms with Crippen molar-refractivity contribution in [3.05, 3.63) is 51.5 Å². The number of fused-ring (bicyclic) bond motifs is 1. The van der Waals surface area contributed by atoms with Gasteiger partial charge in [-0.25, -0.2) is 4.39 Å². The maximum absolute atomic E-state index is 13.6. The van der Waals surface area contributed by atoms with Crippen LogP contribution in [0, 0.1) is 10.6 Å². The molecule has 20 heavy (non-hydrogen) atoms. The summed E-state index contributed by atoms with van der Waals surface area (Å²) in [7, 11) is 0. The molecule has 1 aromatic heterocycles. The fourth-order valence-electron chi connectivity index (χ4n) is 2.09. The zero-order valence-electron chi connectivity index (χ0n) is 10.5. The largest absolute Gasteiger partial charge is 0.330 e. The molecule has 1 heterocycles. The molecule has 0 bridgehead atoms. The summed E-state index contributed by atoms with van der Waals surface area (Å²) >= 11 is 10.2. The molecule has 102 valence electrons. The summed E-state index contributed by atoms with van der Waals surface area (Å²) in [6.45, 7) is 0. The number of H-pyrrole nitrogens is 1. The second-order valence-corrected chi connectivity index (χ2v) is 6.37. The Kier molecular flexibility index (Phi) is 3.70. The summed E-state index contributed by atoms with van der Waals surface area (Å²) in [6, 6.07) is 11.3. The maximum Gasteiger partial charge on any atom is 0.182 e. The number of nitrogens with zero attached hydrogens (tertiary/aromatic N) is 1. The smallest absolute Gasteiger partial charge is 0.182 e. The first-order valence-corrected chi connectivity index (χ1v) is 8.27. The maximum atomic E-state index is 13.6. The highest BCUT2D eigenvalue weighted by Gasteiger charge is 2.10. The molecule has 0 amide bonds. The van der Waals surface area contributed by atoms with Crippen LogP contribution in [0.4, 0.5) is 4.39 Å². The Morgan fingerprint density at radius 1 is 1.25 bits per heavy atom. The van der Waals surface area contributed by atoms with Crippen LogP contribution in [0.1, 0.15) is 0 Å². The molecule has 0 saturated carbocycles. The molecule has 0 unspecified atom stereocenters. The van der Waals surface area contributed by atoms with Gasteiger partial charge in [-0.15, -0.1) is 11.8 Å². The Morgan fingerprint density at radius 3 is 2.60 bits per heavy atom. The summed E-state index contributed by atoms with van der Waals surface area (Å²) in [5, 5.41) is 0. The molecule has 2 nitrogen and oxygen atoms in total. The van der Waals surface area contributed by atoms with E-state index in [9.17, 15) is 4.39 Å². The third kappa shape index (κ3) is 2.32. The Labute approximate surface area is 133 Å². The predicted molar refractivity (Wildman–Crippen MR) is 87.9 cm³/mol. The average Bonchev–Trinajstić information content (AvgIpc) is 2.75. The van der Waals surface area contributed by atoms with Crippen LogP contribution >= 0.6 is 39.9 Å². The molecule has 3 rings (SSSR count). The Hall–Kier alpha value is -1.11. The highest BCUT2D eigenvalue weighted by molar-refractivity contribution is 9.10. The SMILES string of the molecule is CSc1ccc(-n2c(=S)[nH]c3cc(F)c(Br)cc32)cc1. The predicted octanol–water partition coefficient (Wildman–Crippen LogP) is 5.31. The standard InChI is InChI=1S/C14H10BrFN2S2/c1-20-9-4-2-8(3-5-9)18-13-6-10(15)11(16)7-12(13)17-14(18)19/h2-7H,1H3,(H,17,19). The van der Waals surface area contributed by atoms with E-state index in [-0.39, 0.29) is 5.82 Å². The number of halogens is 2. The highest BCUT2D eigenvalue weighted by Crippen LogP contribution is 2.26. The number of rotatable bonds is 2. The lowest BCUT2D eigenvalue weighted by molar-refractivity contribution is 0.623. The number of hydrogen-bond donors (Lipinski definition) is 1. The van der Waals surface area contributed by atoms with Gasteiger partial charge < -0.3 is 4.98 Å². The van der Waals surface area contributed by atoms with Gasteiger partial charge in [-0.3, -0.25) is 4.57 Å². The fraction of sp³-hybridized carbons (Fsp3) is 0.0714. The second-order valence-electron chi connectivity index (χ2n) is 4.25. The normalized spacial score (nSPS) is 11.2. The highest BCUT2D eigenvalue weighted by atomic mass is 79.9. The second kappa shape index (κ2) is 5.35. The van der Waals surface area contributed by atoms with E-state index in [4.69, 9.17) is 12.2 Å². The summed E-state index contributed by atoms with van der Waals surface area (Å²) in [4.78, 5) is 4.22. The monoisotopic (exact) mass is 368 g/mol. The number of aromatic amines is 1. The van der Waals surface area contributed by atoms with Gasteiger partial charge in [0.1, 0.15) is 5.82 Å². The summed E-state index contributed by atoms with van der Waals surface area (Å²) in [5.74, 6) is -0.307. The van der Waals surface area contributed by atoms with Crippen molar-refractivity contribution in [1.82, 2.24) is 9.55 Å². The van der Waals surface area contributed by atoms with Gasteiger partial charge in [0.15, 0.2) is 4.77 Å². The van der Waals surface area contributed by atoms with E-state index in [1.807, 2.05) is 35.1 Å². The topological polar surface area (TPSA) is 20.7 Å². The third-order valence-electron chi connectivity index (χ3n) is 3.05. The summed E-state index contributed by atoms with van der Waals surface area (Å²) in [6.07, 6.45) is 2.03. The van der Waals surface area contributed by atoms with Crippen molar-refractivity contribution >= 4 is 50.9 Å². The molecule has 0 radical (unpaired) electrons. The van der Waals surface area contributed by atoms with Crippen LogP contribution in [0.15, 0.2) is 45.8 Å². The lowest BCUT2D eigenvalue weighted by Crippen LogP contribution is -1.94. The molecule has 1 N–H and O–H groups in total. The van der Waals surface area contributed by atoms with Gasteiger partial charge in [-0.1, -0.05) is 0 Å². The molecule has 0 fully saturated rings. The minimum absolute atomic E-state index is 0.307. The number of thioether (sulfide) groups is 1. The third-order valence-corrected chi connectivity index (χ3v) is 4.69. The molecule has 0 atom stereocenters. The number of aromatic nitrogens is 2. The van der Waals surface area contributed by atoms with Gasteiger partial charge in [-0.05, 0) is 64.7 Å². The molecule has 0 saturated heterocycles. The van der Waals surface area contributed by atoms with Crippen LogP contribution < -0.4 is 0 Å². The van der Waals surface area contributed by atoms with Gasteiger partial charge in [0.25, 0.3) is 0 Å². The molecule has 0 aliphatic rings. The molecule has 0 spiro atoms. The fourth-order valence-corrected chi connectivity index (χ4v) is 3.14. The van der Waals surface area contributed by atoms with Crippen LogP contribution in [0.5, 0.6) is 0 Å². The number of benzene rings is 2. The molecular weight excluding hydrogens is 359 g/mol. The Morgan fingerprint density at radius 2 is 1.95 bits per heavy atom. The molecule has 3 aromatic rings. The number of hydrogen-bond acceptors (Lipinski definition) is 2. The van der Waals surface area contributed by atoms with Crippen molar-refractivity contribution in [1.29, 1.82) is 0 Å². The van der Waals surface area contributed by atoms with Crippen molar-refractivity contribution in [2.24, 2.45) is 0 Å². The minimum Gasteiger partial charge on any atom is -0.330 e. The quantitative estimate of drug-likeness (QED) is 0.488. The first-order chi connectivity index (χ1) is 9.60. The van der Waals surface area contributed by atoms with Crippen LogP contribution in [0.3, 0.4) is 0 Å². The van der Waals surface area contributed by atoms with E-state index < -0.39 is 0 Å². The van der Waals surface area contributed by atoms with Crippen molar-refractivity contribution in [2.45, 2.75) is 4.90 Å². The van der Waals surface area contributed by atoms with Crippen molar-refractivity contribution in [3.63, 3.8) is 0 Å². The zero-order chi connectivity index (χ0) is 14.3. The van der Waals surface area contributed by atoms with Crippen molar-refractivity contribution in [3.8, 4) is 5.69 Å². The molecule has 0 aliphatic carbocycles. The van der Waals surface area contributed by atoms with E-state index in [1.165, 1.54) is 11.0 Å². The number of nitrogens with one attached hydrogen (secondary N) is 1. The van der Waals surface area contributed by atoms with Crippen LogP contribution in [0.2, 0.25) is 0 Å². The number of imidazole rings is 1. The first-order valence-electron chi connectivity index (χ1n) is 5.84. The van der Waals surface area contributed by atoms with E-state index in [0.717, 1.165) is 11.2 Å². The van der Waals surface area contributed by atoms with Crippen LogP contribution in [-0.2, 0) is 0 Å². The minimum atomic E-state index is -0.307. The average molecular weight is 369 g/mol. The summed E-state index contributed by atoms with van der Waals surface area (Å²) in [5.41, 5.74) is 2.49. The summed E-state index contributed by atoms with van der Waals surface area (Å²) < 4.78 is 16.5. The van der Waals surface area contributed by atoms with Gasteiger partial charge in [0, 0.05) is 16.6 Å². The van der Waals surface area contributed by atoms with Crippen molar-refractivity contribution < 1.29 is 4.39 Å². The Bertz CT molecular complexity index is 837. The molecule has 6 heteroatoms. The van der Waals surface area contributed by atoms with E-state index in [1.54, 1.807) is 17.8 Å². The zero-order valence-corrected chi connectivity index (χ0v) is 13.7. The van der Waals surface area contributed by atoms with Crippen LogP contribution in [-0.4, -0.2) is 15.8 Å². The van der Waals surface area contributed by atoms with E-state index >= 15 is 0 Å². The van der Waals surface area contributed by atoms with E-state index in [2.05, 4.69) is 20.9 Å². The van der Waals surface area contributed by atoms with Gasteiger partial charge in [0.05, 0.1) is 15.5 Å². The van der Waals surface area contributed by atoms with Gasteiger partial charge in [0.2, 0.25) is 0 Å². The first kappa shape index (κ1) is 13.9. The molecule has 2 aromatic carbocycles. The van der Waals surface area contributed by atoms with Gasteiger partial charge in [-0.2, -0.15) is 0 Å². The lowest BCUT2D eigenvalue weighted by Gasteiger charge is -2.06. The molecular formula is C14H10BrFN2S2. The molecule has 0 aliphatic heterocycles. The lowest BCUT2D eigenvalue weighted by atomic mass is 10.2. The van der Waals surface area contributed by atoms with E-state index in [0.29, 0.717) is 14.8 Å². The Balaban J connectivity index is 2.26. The van der Waals surface area contributed by atoms with Gasteiger partial charge >= 0.3 is 0 Å².